The number of benzene rings is 1. The van der Waals surface area contributed by atoms with E-state index in [4.69, 9.17) is 4.74 Å². The smallest absolute Gasteiger partial charge is 0.416 e. The molecule has 168 valence electrons. The highest BCUT2D eigenvalue weighted by Crippen LogP contribution is 2.44. The normalized spacial score (nSPS) is 27.0. The van der Waals surface area contributed by atoms with Crippen LogP contribution in [0.4, 0.5) is 13.2 Å². The van der Waals surface area contributed by atoms with Gasteiger partial charge in [-0.05, 0) is 50.1 Å². The number of alkyl halides is 3. The number of ether oxygens (including phenoxy) is 1. The van der Waals surface area contributed by atoms with E-state index in [1.165, 1.54) is 6.07 Å². The predicted octanol–water partition coefficient (Wildman–Crippen LogP) is 3.71. The summed E-state index contributed by atoms with van der Waals surface area (Å²) in [6, 6.07) is 3.86. The Bertz CT molecular complexity index is 956. The monoisotopic (exact) mass is 436 g/mol. The van der Waals surface area contributed by atoms with Crippen LogP contribution >= 0.6 is 0 Å². The molecule has 1 amide bonds. The van der Waals surface area contributed by atoms with Gasteiger partial charge in [0.2, 0.25) is 0 Å². The third-order valence-corrected chi connectivity index (χ3v) is 6.93. The van der Waals surface area contributed by atoms with Gasteiger partial charge in [0, 0.05) is 44.1 Å². The van der Waals surface area contributed by atoms with Crippen LogP contribution in [0, 0.1) is 0 Å². The van der Waals surface area contributed by atoms with E-state index in [1.807, 2.05) is 0 Å². The third kappa shape index (κ3) is 3.75. The van der Waals surface area contributed by atoms with Crippen molar-refractivity contribution in [2.45, 2.75) is 64.4 Å². The Morgan fingerprint density at radius 2 is 2.00 bits per heavy atom. The van der Waals surface area contributed by atoms with Crippen LogP contribution in [0.15, 0.2) is 29.3 Å². The number of amides is 1. The molecular formula is C23H27F3N2O3. The average molecular weight is 436 g/mol. The van der Waals surface area contributed by atoms with Gasteiger partial charge in [0.1, 0.15) is 5.60 Å². The van der Waals surface area contributed by atoms with Gasteiger partial charge in [0.05, 0.1) is 11.1 Å². The maximum Gasteiger partial charge on any atom is 0.416 e. The maximum absolute atomic E-state index is 13.6. The minimum atomic E-state index is -4.43. The summed E-state index contributed by atoms with van der Waals surface area (Å²) in [5, 5.41) is 0. The zero-order valence-electron chi connectivity index (χ0n) is 18.0. The fourth-order valence-electron chi connectivity index (χ4n) is 5.21. The first-order valence-corrected chi connectivity index (χ1v) is 10.7. The summed E-state index contributed by atoms with van der Waals surface area (Å²) in [5.74, 6) is -0.777. The zero-order valence-corrected chi connectivity index (χ0v) is 18.0. The van der Waals surface area contributed by atoms with Gasteiger partial charge in [0.15, 0.2) is 0 Å². The molecule has 3 heterocycles. The number of halogens is 3. The highest BCUT2D eigenvalue weighted by molar-refractivity contribution is 6.07. The quantitative estimate of drug-likeness (QED) is 0.664. The van der Waals surface area contributed by atoms with Crippen molar-refractivity contribution in [1.29, 1.82) is 0 Å². The van der Waals surface area contributed by atoms with Crippen LogP contribution in [0.2, 0.25) is 0 Å². The lowest BCUT2D eigenvalue weighted by Gasteiger charge is -2.44. The van der Waals surface area contributed by atoms with E-state index in [9.17, 15) is 22.8 Å². The Labute approximate surface area is 179 Å². The number of hydrogen-bond acceptors (Lipinski definition) is 4. The standard InChI is InChI=1S/C23H27F3N2O3/c1-4-27-10-8-22(12-14(27)2)19(15(3)21(30)31-22)20(29)28-9-7-16-5-6-18(23(24,25)26)11-17(16)13-28/h5-6,11,14H,4,7-10,12-13H2,1-3H3. The third-order valence-electron chi connectivity index (χ3n) is 6.93. The van der Waals surface area contributed by atoms with Crippen molar-refractivity contribution in [3.05, 3.63) is 46.0 Å². The first-order chi connectivity index (χ1) is 14.6. The lowest BCUT2D eigenvalue weighted by Crippen LogP contribution is -2.53. The molecule has 4 rings (SSSR count). The Morgan fingerprint density at radius 3 is 2.65 bits per heavy atom. The van der Waals surface area contributed by atoms with E-state index in [0.717, 1.165) is 24.2 Å². The highest BCUT2D eigenvalue weighted by Gasteiger charge is 2.53. The second-order valence-corrected chi connectivity index (χ2v) is 8.77. The highest BCUT2D eigenvalue weighted by atomic mass is 19.4. The molecule has 0 N–H and O–H groups in total. The molecule has 0 aromatic heterocycles. The molecule has 3 aliphatic rings. The van der Waals surface area contributed by atoms with E-state index >= 15 is 0 Å². The summed E-state index contributed by atoms with van der Waals surface area (Å²) in [6.07, 6.45) is -2.88. The molecule has 1 aromatic carbocycles. The number of likely N-dealkylation sites (tertiary alicyclic amines) is 1. The number of carbonyl (C=O) groups is 2. The summed E-state index contributed by atoms with van der Waals surface area (Å²) >= 11 is 0. The molecule has 0 aliphatic carbocycles. The van der Waals surface area contributed by atoms with Crippen LogP contribution in [-0.2, 0) is 33.5 Å². The molecule has 0 saturated carbocycles. The minimum absolute atomic E-state index is 0.0930. The van der Waals surface area contributed by atoms with Crippen molar-refractivity contribution < 1.29 is 27.5 Å². The van der Waals surface area contributed by atoms with Crippen LogP contribution in [0.25, 0.3) is 0 Å². The summed E-state index contributed by atoms with van der Waals surface area (Å²) in [5.41, 5.74) is 0.361. The largest absolute Gasteiger partial charge is 0.450 e. The lowest BCUT2D eigenvalue weighted by atomic mass is 9.79. The number of esters is 1. The van der Waals surface area contributed by atoms with Crippen molar-refractivity contribution in [3.8, 4) is 0 Å². The number of fused-ring (bicyclic) bond motifs is 1. The number of rotatable bonds is 2. The molecule has 1 saturated heterocycles. The molecule has 0 radical (unpaired) electrons. The number of piperidine rings is 1. The Balaban J connectivity index is 1.62. The fourth-order valence-corrected chi connectivity index (χ4v) is 5.21. The van der Waals surface area contributed by atoms with Gasteiger partial charge >= 0.3 is 12.1 Å². The van der Waals surface area contributed by atoms with E-state index in [1.54, 1.807) is 11.8 Å². The van der Waals surface area contributed by atoms with Gasteiger partial charge in [0.25, 0.3) is 5.91 Å². The topological polar surface area (TPSA) is 49.9 Å². The van der Waals surface area contributed by atoms with Crippen molar-refractivity contribution >= 4 is 11.9 Å². The molecule has 3 aliphatic heterocycles. The van der Waals surface area contributed by atoms with Crippen LogP contribution in [0.3, 0.4) is 0 Å². The summed E-state index contributed by atoms with van der Waals surface area (Å²) in [4.78, 5) is 29.9. The Morgan fingerprint density at radius 1 is 1.26 bits per heavy atom. The fraction of sp³-hybridized carbons (Fsp3) is 0.565. The number of hydrogen-bond donors (Lipinski definition) is 0. The van der Waals surface area contributed by atoms with Crippen molar-refractivity contribution in [2.75, 3.05) is 19.6 Å². The zero-order chi connectivity index (χ0) is 22.6. The summed E-state index contributed by atoms with van der Waals surface area (Å²) in [7, 11) is 0. The first kappa shape index (κ1) is 21.9. The SMILES string of the molecule is CCN1CCC2(CC1C)OC(=O)C(C)=C2C(=O)N1CCc2ccc(C(F)(F)F)cc2C1. The molecule has 1 aromatic rings. The van der Waals surface area contributed by atoms with Crippen LogP contribution in [0.5, 0.6) is 0 Å². The first-order valence-electron chi connectivity index (χ1n) is 10.7. The molecule has 2 unspecified atom stereocenters. The molecule has 1 spiro atoms. The lowest BCUT2D eigenvalue weighted by molar-refractivity contribution is -0.153. The number of carbonyl (C=O) groups excluding carboxylic acids is 2. The van der Waals surface area contributed by atoms with E-state index in [-0.39, 0.29) is 18.5 Å². The molecule has 5 nitrogen and oxygen atoms in total. The van der Waals surface area contributed by atoms with Crippen LogP contribution in [-0.4, -0.2) is 53.0 Å². The molecule has 0 bridgehead atoms. The van der Waals surface area contributed by atoms with E-state index in [0.29, 0.717) is 49.1 Å². The van der Waals surface area contributed by atoms with Crippen molar-refractivity contribution in [3.63, 3.8) is 0 Å². The van der Waals surface area contributed by atoms with Gasteiger partial charge in [-0.1, -0.05) is 13.0 Å². The van der Waals surface area contributed by atoms with Crippen LogP contribution < -0.4 is 0 Å². The number of nitrogens with zero attached hydrogens (tertiary/aromatic N) is 2. The molecule has 2 atom stereocenters. The Kier molecular flexibility index (Phi) is 5.40. The molecule has 1 fully saturated rings. The van der Waals surface area contributed by atoms with Gasteiger partial charge in [-0.3, -0.25) is 4.79 Å². The van der Waals surface area contributed by atoms with Gasteiger partial charge in [-0.15, -0.1) is 0 Å². The van der Waals surface area contributed by atoms with Gasteiger partial charge in [-0.2, -0.15) is 13.2 Å². The van der Waals surface area contributed by atoms with Crippen molar-refractivity contribution in [2.24, 2.45) is 0 Å². The predicted molar refractivity (Wildman–Crippen MR) is 108 cm³/mol. The second-order valence-electron chi connectivity index (χ2n) is 8.77. The minimum Gasteiger partial charge on any atom is -0.450 e. The van der Waals surface area contributed by atoms with Gasteiger partial charge < -0.3 is 14.5 Å². The molecular weight excluding hydrogens is 409 g/mol. The molecule has 8 heteroatoms. The second kappa shape index (κ2) is 7.65. The molecule has 31 heavy (non-hydrogen) atoms. The average Bonchev–Trinajstić information content (AvgIpc) is 2.95. The van der Waals surface area contributed by atoms with Crippen molar-refractivity contribution in [1.82, 2.24) is 9.80 Å². The van der Waals surface area contributed by atoms with Crippen LogP contribution in [0.1, 0.15) is 50.3 Å². The maximum atomic E-state index is 13.6. The summed E-state index contributed by atoms with van der Waals surface area (Å²) < 4.78 is 45.2. The Hall–Kier alpha value is -2.35. The summed E-state index contributed by atoms with van der Waals surface area (Å²) in [6.45, 7) is 7.83. The van der Waals surface area contributed by atoms with E-state index < -0.39 is 23.3 Å². The van der Waals surface area contributed by atoms with E-state index in [2.05, 4.69) is 18.7 Å². The van der Waals surface area contributed by atoms with Gasteiger partial charge in [-0.25, -0.2) is 4.79 Å².